The maximum Gasteiger partial charge on any atom is 0.264 e. The standard InChI is InChI=1S/C41H53N3O5/c1-29(2)13-11-14-30(3)22-24-43-37-21-20-34(42-23-10-6-5-7-18-38(42)46)26-36(37)41(49,40(43)48)31(4)15-12-19-39(47)44-27-33-17-9-8-16-32(33)25-35(44)28-45/h8-9,12-13,15-17,20-22,26,31,35,45,49H,5-7,10-11,14,18-19,23-25,27-28H2,1-4H3/b15-12+,30-22+/t31-,35-,41+/m0/s1. The molecule has 0 unspecified atom stereocenters. The Bertz CT molecular complexity index is 1620. The van der Waals surface area contributed by atoms with Gasteiger partial charge in [0.15, 0.2) is 5.60 Å². The lowest BCUT2D eigenvalue weighted by Crippen LogP contribution is -2.46. The van der Waals surface area contributed by atoms with Gasteiger partial charge >= 0.3 is 0 Å². The number of nitrogens with zero attached hydrogens (tertiary/aromatic N) is 3. The summed E-state index contributed by atoms with van der Waals surface area (Å²) in [5.41, 5.74) is 4.60. The van der Waals surface area contributed by atoms with Crippen LogP contribution in [0.1, 0.15) is 95.8 Å². The summed E-state index contributed by atoms with van der Waals surface area (Å²) in [6.45, 7) is 9.28. The van der Waals surface area contributed by atoms with Crippen molar-refractivity contribution in [2.75, 3.05) is 29.5 Å². The monoisotopic (exact) mass is 667 g/mol. The number of amides is 3. The predicted octanol–water partition coefficient (Wildman–Crippen LogP) is 6.74. The lowest BCUT2D eigenvalue weighted by molar-refractivity contribution is -0.139. The Labute approximate surface area is 291 Å². The molecular formula is C41H53N3O5. The summed E-state index contributed by atoms with van der Waals surface area (Å²) in [6, 6.07) is 13.3. The van der Waals surface area contributed by atoms with Crippen LogP contribution in [0.2, 0.25) is 0 Å². The molecule has 2 N–H and O–H groups in total. The summed E-state index contributed by atoms with van der Waals surface area (Å²) in [4.78, 5) is 46.0. The molecule has 3 amide bonds. The molecule has 0 aliphatic carbocycles. The molecule has 5 rings (SSSR count). The van der Waals surface area contributed by atoms with Crippen molar-refractivity contribution in [2.45, 2.75) is 104 Å². The predicted molar refractivity (Wildman–Crippen MR) is 195 cm³/mol. The third kappa shape index (κ3) is 8.08. The van der Waals surface area contributed by atoms with Crippen molar-refractivity contribution in [1.82, 2.24) is 4.90 Å². The minimum atomic E-state index is -1.88. The summed E-state index contributed by atoms with van der Waals surface area (Å²) in [6.07, 6.45) is 14.6. The molecule has 2 aromatic rings. The minimum absolute atomic E-state index is 0.0623. The summed E-state index contributed by atoms with van der Waals surface area (Å²) < 4.78 is 0. The van der Waals surface area contributed by atoms with Gasteiger partial charge in [-0.25, -0.2) is 0 Å². The first-order valence-electron chi connectivity index (χ1n) is 18.0. The lowest BCUT2D eigenvalue weighted by Gasteiger charge is -2.36. The van der Waals surface area contributed by atoms with E-state index in [-0.39, 0.29) is 30.9 Å². The molecule has 2 aromatic carbocycles. The van der Waals surface area contributed by atoms with Crippen molar-refractivity contribution >= 4 is 29.1 Å². The number of rotatable bonds is 11. The van der Waals surface area contributed by atoms with E-state index in [9.17, 15) is 24.6 Å². The quantitative estimate of drug-likeness (QED) is 0.259. The lowest BCUT2D eigenvalue weighted by atomic mass is 9.82. The van der Waals surface area contributed by atoms with Crippen molar-refractivity contribution in [3.8, 4) is 0 Å². The van der Waals surface area contributed by atoms with Crippen molar-refractivity contribution in [1.29, 1.82) is 0 Å². The average molecular weight is 668 g/mol. The van der Waals surface area contributed by atoms with E-state index in [0.29, 0.717) is 49.4 Å². The number of fused-ring (bicyclic) bond motifs is 2. The number of hydrogen-bond acceptors (Lipinski definition) is 5. The molecule has 8 heteroatoms. The largest absolute Gasteiger partial charge is 0.394 e. The average Bonchev–Trinajstić information content (AvgIpc) is 3.30. The van der Waals surface area contributed by atoms with Gasteiger partial charge in [-0.1, -0.05) is 79.5 Å². The highest BCUT2D eigenvalue weighted by Gasteiger charge is 2.52. The van der Waals surface area contributed by atoms with Gasteiger partial charge in [0.2, 0.25) is 11.8 Å². The van der Waals surface area contributed by atoms with Gasteiger partial charge in [0.1, 0.15) is 0 Å². The van der Waals surface area contributed by atoms with Gasteiger partial charge in [0.25, 0.3) is 5.91 Å². The minimum Gasteiger partial charge on any atom is -0.394 e. The summed E-state index contributed by atoms with van der Waals surface area (Å²) >= 11 is 0. The zero-order chi connectivity index (χ0) is 35.1. The molecule has 3 aliphatic rings. The number of carbonyl (C=O) groups is 3. The van der Waals surface area contributed by atoms with E-state index >= 15 is 0 Å². The third-order valence-corrected chi connectivity index (χ3v) is 10.4. The van der Waals surface area contributed by atoms with Crippen molar-refractivity contribution in [3.05, 3.63) is 94.6 Å². The molecule has 1 fully saturated rings. The Morgan fingerprint density at radius 2 is 1.78 bits per heavy atom. The molecule has 1 saturated heterocycles. The summed E-state index contributed by atoms with van der Waals surface area (Å²) in [5.74, 6) is -1.13. The Morgan fingerprint density at radius 3 is 2.53 bits per heavy atom. The zero-order valence-corrected chi connectivity index (χ0v) is 29.7. The first kappa shape index (κ1) is 36.3. The van der Waals surface area contributed by atoms with Gasteiger partial charge in [0.05, 0.1) is 18.3 Å². The van der Waals surface area contributed by atoms with Crippen LogP contribution in [-0.4, -0.2) is 58.6 Å². The van der Waals surface area contributed by atoms with E-state index in [1.807, 2.05) is 42.5 Å². The maximum absolute atomic E-state index is 14.3. The highest BCUT2D eigenvalue weighted by molar-refractivity contribution is 6.08. The molecule has 0 bridgehead atoms. The normalized spacial score (nSPS) is 22.1. The van der Waals surface area contributed by atoms with Crippen LogP contribution >= 0.6 is 0 Å². The Kier molecular flexibility index (Phi) is 11.9. The molecule has 0 aromatic heterocycles. The number of aliphatic hydroxyl groups is 2. The highest BCUT2D eigenvalue weighted by atomic mass is 16.3. The molecule has 262 valence electrons. The Hall–Kier alpha value is -4.01. The Morgan fingerprint density at radius 1 is 1.02 bits per heavy atom. The van der Waals surface area contributed by atoms with E-state index in [1.165, 1.54) is 5.57 Å². The molecule has 3 heterocycles. The van der Waals surface area contributed by atoms with Crippen LogP contribution in [0.5, 0.6) is 0 Å². The van der Waals surface area contributed by atoms with Crippen molar-refractivity contribution < 1.29 is 24.6 Å². The number of carbonyl (C=O) groups excluding carboxylic acids is 3. The van der Waals surface area contributed by atoms with E-state index in [0.717, 1.165) is 55.2 Å². The fourth-order valence-electron chi connectivity index (χ4n) is 7.33. The first-order chi connectivity index (χ1) is 23.5. The molecule has 0 spiro atoms. The second-order valence-corrected chi connectivity index (χ2v) is 14.2. The number of hydrogen-bond donors (Lipinski definition) is 2. The molecule has 3 aliphatic heterocycles. The van der Waals surface area contributed by atoms with E-state index in [2.05, 4.69) is 32.9 Å². The zero-order valence-electron chi connectivity index (χ0n) is 29.7. The number of allylic oxidation sites excluding steroid dienone is 3. The van der Waals surface area contributed by atoms with Gasteiger partial charge < -0.3 is 24.9 Å². The van der Waals surface area contributed by atoms with Crippen LogP contribution in [0.25, 0.3) is 0 Å². The van der Waals surface area contributed by atoms with Gasteiger partial charge in [-0.3, -0.25) is 14.4 Å². The second kappa shape index (κ2) is 16.1. The summed E-state index contributed by atoms with van der Waals surface area (Å²) in [7, 11) is 0. The van der Waals surface area contributed by atoms with Crippen LogP contribution in [0.3, 0.4) is 0 Å². The second-order valence-electron chi connectivity index (χ2n) is 14.2. The molecule has 3 atom stereocenters. The van der Waals surface area contributed by atoms with Gasteiger partial charge in [-0.2, -0.15) is 0 Å². The fraction of sp³-hybridized carbons (Fsp3) is 0.488. The van der Waals surface area contributed by atoms with Gasteiger partial charge in [-0.05, 0) is 82.2 Å². The van der Waals surface area contributed by atoms with Crippen LogP contribution < -0.4 is 9.80 Å². The topological polar surface area (TPSA) is 101 Å². The SMILES string of the molecule is CC(C)=CCC/C(C)=C/CN1C(=O)[C@@](O)([C@@H](C)/C=C/CC(=O)N2Cc3ccccc3C[C@H]2CO)c2cc(N3CCCCCCC3=O)ccc21. The van der Waals surface area contributed by atoms with Crippen LogP contribution in [0.15, 0.2) is 77.9 Å². The van der Waals surface area contributed by atoms with Gasteiger partial charge in [0, 0.05) is 49.6 Å². The first-order valence-corrected chi connectivity index (χ1v) is 18.0. The van der Waals surface area contributed by atoms with E-state index in [1.54, 1.807) is 33.8 Å². The van der Waals surface area contributed by atoms with Crippen LogP contribution in [-0.2, 0) is 33.0 Å². The smallest absolute Gasteiger partial charge is 0.264 e. The third-order valence-electron chi connectivity index (χ3n) is 10.4. The van der Waals surface area contributed by atoms with Crippen LogP contribution in [0.4, 0.5) is 11.4 Å². The number of aliphatic hydroxyl groups excluding tert-OH is 1. The Balaban J connectivity index is 1.40. The van der Waals surface area contributed by atoms with Crippen molar-refractivity contribution in [2.24, 2.45) is 5.92 Å². The van der Waals surface area contributed by atoms with E-state index < -0.39 is 17.4 Å². The maximum atomic E-state index is 14.3. The number of benzene rings is 2. The molecule has 0 saturated carbocycles. The van der Waals surface area contributed by atoms with E-state index in [4.69, 9.17) is 0 Å². The molecular weight excluding hydrogens is 614 g/mol. The molecule has 49 heavy (non-hydrogen) atoms. The van der Waals surface area contributed by atoms with Crippen molar-refractivity contribution in [3.63, 3.8) is 0 Å². The number of anilines is 2. The highest BCUT2D eigenvalue weighted by Crippen LogP contribution is 2.47. The molecule has 8 nitrogen and oxygen atoms in total. The summed E-state index contributed by atoms with van der Waals surface area (Å²) in [5, 5.41) is 22.5. The fourth-order valence-corrected chi connectivity index (χ4v) is 7.33. The van der Waals surface area contributed by atoms with Crippen LogP contribution in [0, 0.1) is 5.92 Å². The van der Waals surface area contributed by atoms with Gasteiger partial charge in [-0.15, -0.1) is 0 Å². The molecule has 0 radical (unpaired) electrons.